The number of rotatable bonds is 41. The van der Waals surface area contributed by atoms with E-state index in [-0.39, 0.29) is 125 Å². The summed E-state index contributed by atoms with van der Waals surface area (Å²) in [6.45, 7) is 13.1. The largest absolute Gasteiger partial charge is 0.444 e. The van der Waals surface area contributed by atoms with Crippen molar-refractivity contribution in [2.45, 2.75) is 166 Å². The van der Waals surface area contributed by atoms with Gasteiger partial charge >= 0.3 is 24.2 Å². The third-order valence-electron chi connectivity index (χ3n) is 17.5. The van der Waals surface area contributed by atoms with Crippen LogP contribution in [0.1, 0.15) is 131 Å². The Labute approximate surface area is 697 Å². The van der Waals surface area contributed by atoms with Crippen LogP contribution in [0.5, 0.6) is 0 Å². The van der Waals surface area contributed by atoms with E-state index in [1.54, 1.807) is 65.1 Å². The van der Waals surface area contributed by atoms with E-state index in [4.69, 9.17) is 19.9 Å². The molecule has 0 aliphatic carbocycles. The topological polar surface area (TPSA) is 333 Å². The zero-order chi connectivity index (χ0) is 78.7. The number of ether oxygens (including phenoxy) is 4. The predicted octanol–water partition coefficient (Wildman–Crippen LogP) is 11.8. The molecule has 0 saturated carbocycles. The van der Waals surface area contributed by atoms with Crippen molar-refractivity contribution in [3.8, 4) is 0 Å². The van der Waals surface area contributed by atoms with Crippen LogP contribution in [0.3, 0.4) is 0 Å². The third-order valence-corrected chi connectivity index (χ3v) is 21.4. The number of benzene rings is 4. The lowest BCUT2D eigenvalue weighted by molar-refractivity contribution is -0.124. The number of hydrogen-bond acceptors (Lipinski definition) is 22. The molecule has 9 rings (SSSR count). The molecule has 608 valence electrons. The molecule has 26 nitrogen and oxygen atoms in total. The molecule has 5 heterocycles. The summed E-state index contributed by atoms with van der Waals surface area (Å²) in [4.78, 5) is 124. The number of carbonyl (C=O) groups is 8. The Morgan fingerprint density at radius 2 is 0.875 bits per heavy atom. The zero-order valence-electron chi connectivity index (χ0n) is 64.5. The first-order chi connectivity index (χ1) is 53.3. The van der Waals surface area contributed by atoms with Crippen LogP contribution in [0, 0.1) is 0 Å². The summed E-state index contributed by atoms with van der Waals surface area (Å²) in [5.74, 6) is 0.0813. The van der Waals surface area contributed by atoms with Gasteiger partial charge in [0.25, 0.3) is 0 Å². The second-order valence-electron chi connectivity index (χ2n) is 27.2. The Hall–Kier alpha value is -8.32. The second-order valence-corrected chi connectivity index (χ2v) is 30.9. The molecule has 8 amide bonds. The lowest BCUT2D eigenvalue weighted by Gasteiger charge is -2.30. The molecule has 6 atom stereocenters. The number of aromatic nitrogens is 4. The van der Waals surface area contributed by atoms with Gasteiger partial charge in [0.2, 0.25) is 11.8 Å². The number of carbonyl (C=O) groups excluding carboxylic acids is 8. The summed E-state index contributed by atoms with van der Waals surface area (Å²) in [6, 6.07) is 36.6. The van der Waals surface area contributed by atoms with Gasteiger partial charge in [0.05, 0.1) is 68.5 Å². The van der Waals surface area contributed by atoms with E-state index < -0.39 is 24.3 Å². The smallest absolute Gasteiger partial charge is 0.407 e. The predicted molar refractivity (Wildman–Crippen MR) is 456 cm³/mol. The van der Waals surface area contributed by atoms with Gasteiger partial charge in [-0.2, -0.15) is 13.5 Å². The number of thiazole rings is 4. The number of alkyl carbamates (subject to hydrolysis) is 2. The van der Waals surface area contributed by atoms with Crippen molar-refractivity contribution in [2.24, 2.45) is 5.73 Å². The fraction of sp³-hybridized carbons (Fsp3) is 0.450. The van der Waals surface area contributed by atoms with Gasteiger partial charge in [-0.3, -0.25) is 24.5 Å². The highest BCUT2D eigenvalue weighted by Gasteiger charge is 2.30. The molecular formula is C80H109IN14O12S5. The van der Waals surface area contributed by atoms with E-state index in [0.29, 0.717) is 115 Å². The molecular weight excluding hydrogens is 1640 g/mol. The molecule has 1 saturated heterocycles. The average molecular weight is 1750 g/mol. The lowest BCUT2D eigenvalue weighted by Crippen LogP contribution is -2.54. The lowest BCUT2D eigenvalue weighted by atomic mass is 9.95. The van der Waals surface area contributed by atoms with E-state index >= 15 is 0 Å². The van der Waals surface area contributed by atoms with Gasteiger partial charge in [-0.1, -0.05) is 149 Å². The number of hydrogen-bond donors (Lipinski definition) is 7. The molecule has 1 aliphatic rings. The molecule has 1 fully saturated rings. The molecule has 0 radical (unpaired) electrons. The van der Waals surface area contributed by atoms with Crippen LogP contribution in [-0.2, 0) is 90.1 Å². The summed E-state index contributed by atoms with van der Waals surface area (Å²) in [6.07, 6.45) is 8.96. The number of nitrogens with zero attached hydrogens (tertiary/aromatic N) is 7. The number of nitrogens with two attached hydrogens (primary N) is 1. The Morgan fingerprint density at radius 1 is 0.518 bits per heavy atom. The van der Waals surface area contributed by atoms with E-state index in [1.807, 2.05) is 132 Å². The highest BCUT2D eigenvalue weighted by Crippen LogP contribution is 2.23. The molecule has 1 aliphatic heterocycles. The van der Waals surface area contributed by atoms with Gasteiger partial charge < -0.3 is 76.0 Å². The molecule has 0 unspecified atom stereocenters. The van der Waals surface area contributed by atoms with Crippen LogP contribution in [0.15, 0.2) is 156 Å². The Morgan fingerprint density at radius 3 is 1.20 bits per heavy atom. The Bertz CT molecular complexity index is 3940. The molecule has 8 aromatic rings. The number of halogens is 1. The molecule has 32 heteroatoms. The summed E-state index contributed by atoms with van der Waals surface area (Å²) >= 11 is 6.02. The van der Waals surface area contributed by atoms with Gasteiger partial charge in [0, 0.05) is 92.9 Å². The second kappa shape index (κ2) is 53.6. The maximum atomic E-state index is 14.2. The minimum absolute atomic E-state index is 0. The Balaban J connectivity index is 0.000000364. The standard InChI is InChI=1S/C40H53N7O5S2.C36H47N7O4S2.C4H6O3.HI.H2S/c1-29(2)38-43-34(27-53-38)25-46(3)39(49)45-36(16-17-47-18-20-51-21-19-47)37(48)42-32(22-30-10-6-4-7-11-30)14-15-33(23-31-12-8-5-9-13-31)44-40(50)52-26-35-24-41-28-54-35;1-25(2)34-40-30(23-48-34)21-43(3)35(45)42-32(16-17-37)33(44)39-28(18-26-10-6-4-7-11-26)14-15-29(19-27-12-8-5-9-13-27)41-36(46)47-22-31-20-38-24-49-31;5-1-3-7-4-2-6;;/h4-13,24,27-29,32-33,36H,14-23,25-26H2,1-3H3,(H,42,48)(H,44,50)(H,45,49);4-13,20,23-25,28-29,32H,14-19,21-22,37H2,1-3H3,(H,39,44)(H,41,46)(H,42,45);1-2H,3-4H2;1H;1H2/t32-,33-,36+;28-,29-,32+;;;/m11.../s1. The number of aldehydes is 2. The molecule has 0 spiro atoms. The van der Waals surface area contributed by atoms with Gasteiger partial charge in [-0.15, -0.1) is 69.3 Å². The van der Waals surface area contributed by atoms with Crippen LogP contribution in [-0.4, -0.2) is 186 Å². The fourth-order valence-electron chi connectivity index (χ4n) is 11.7. The fourth-order valence-corrected chi connectivity index (χ4v) is 14.4. The van der Waals surface area contributed by atoms with Gasteiger partial charge in [-0.05, 0) is 93.0 Å². The maximum Gasteiger partial charge on any atom is 0.407 e. The SMILES string of the molecule is CC(C)c1nc(CN(C)C(=O)N[C@@H](CCN)C(=O)N[C@H](CC[C@H](Cc2ccccc2)NC(=O)OCc2cncs2)Cc2ccccc2)cs1.CC(C)c1nc(CN(C)C(=O)N[C@@H](CCN2CCOCC2)C(=O)N[C@H](CC[C@H](Cc2ccccc2)NC(=O)OCc2cncs2)Cc2ccccc2)cs1.I.O=CCOCC=O.S. The third kappa shape index (κ3) is 36.7. The molecule has 0 bridgehead atoms. The quantitative estimate of drug-likeness (QED) is 0.0106. The van der Waals surface area contributed by atoms with Crippen LogP contribution in [0.2, 0.25) is 0 Å². The highest BCUT2D eigenvalue weighted by atomic mass is 127. The summed E-state index contributed by atoms with van der Waals surface area (Å²) in [7, 11) is 3.41. The van der Waals surface area contributed by atoms with E-state index in [0.717, 1.165) is 66.5 Å². The van der Waals surface area contributed by atoms with Crippen molar-refractivity contribution in [1.29, 1.82) is 0 Å². The van der Waals surface area contributed by atoms with Crippen LogP contribution in [0.25, 0.3) is 0 Å². The van der Waals surface area contributed by atoms with Crippen molar-refractivity contribution < 1.29 is 57.3 Å². The number of urea groups is 2. The van der Waals surface area contributed by atoms with Crippen molar-refractivity contribution >= 4 is 131 Å². The van der Waals surface area contributed by atoms with Crippen LogP contribution >= 0.6 is 82.8 Å². The van der Waals surface area contributed by atoms with Crippen molar-refractivity contribution in [2.75, 3.05) is 66.7 Å². The summed E-state index contributed by atoms with van der Waals surface area (Å²) in [5, 5.41) is 24.5. The minimum atomic E-state index is -0.820. The van der Waals surface area contributed by atoms with Gasteiger partial charge in [0.15, 0.2) is 0 Å². The van der Waals surface area contributed by atoms with E-state index in [9.17, 15) is 38.4 Å². The summed E-state index contributed by atoms with van der Waals surface area (Å²) in [5.41, 5.74) is 15.2. The number of amides is 8. The first-order valence-electron chi connectivity index (χ1n) is 37.1. The highest BCUT2D eigenvalue weighted by molar-refractivity contribution is 14.0. The number of morpholine rings is 1. The monoisotopic (exact) mass is 1740 g/mol. The number of nitrogens with one attached hydrogen (secondary N) is 6. The summed E-state index contributed by atoms with van der Waals surface area (Å²) < 4.78 is 20.9. The van der Waals surface area contributed by atoms with Gasteiger partial charge in [0.1, 0.15) is 51.1 Å². The van der Waals surface area contributed by atoms with Crippen molar-refractivity contribution in [3.63, 3.8) is 0 Å². The van der Waals surface area contributed by atoms with E-state index in [1.165, 1.54) is 27.6 Å². The minimum Gasteiger partial charge on any atom is -0.444 e. The average Bonchev–Trinajstić information content (AvgIpc) is 1.65. The molecule has 4 aromatic heterocycles. The maximum absolute atomic E-state index is 14.2. The normalized spacial score (nSPS) is 13.3. The van der Waals surface area contributed by atoms with Crippen LogP contribution in [0.4, 0.5) is 19.2 Å². The van der Waals surface area contributed by atoms with Crippen LogP contribution < -0.4 is 37.6 Å². The molecule has 8 N–H and O–H groups in total. The molecule has 112 heavy (non-hydrogen) atoms. The van der Waals surface area contributed by atoms with Gasteiger partial charge in [-0.25, -0.2) is 29.1 Å². The Kier molecular flexibility index (Phi) is 45.2. The van der Waals surface area contributed by atoms with E-state index in [2.05, 4.69) is 89.2 Å². The first-order valence-corrected chi connectivity index (χ1v) is 40.6. The molecule has 4 aromatic carbocycles. The first kappa shape index (κ1) is 94.3. The van der Waals surface area contributed by atoms with Crippen molar-refractivity contribution in [3.05, 3.63) is 209 Å². The zero-order valence-corrected chi connectivity index (χ0v) is 71.1. The van der Waals surface area contributed by atoms with Crippen molar-refractivity contribution in [1.82, 2.24) is 66.5 Å².